The first-order valence-electron chi connectivity index (χ1n) is 3.04. The van der Waals surface area contributed by atoms with Crippen LogP contribution in [0.3, 0.4) is 0 Å². The van der Waals surface area contributed by atoms with E-state index >= 15 is 0 Å². The Morgan fingerprint density at radius 2 is 2.60 bits per heavy atom. The van der Waals surface area contributed by atoms with E-state index in [1.165, 1.54) is 0 Å². The van der Waals surface area contributed by atoms with Gasteiger partial charge in [-0.2, -0.15) is 0 Å². The minimum absolute atomic E-state index is 0.283. The second kappa shape index (κ2) is 3.22. The van der Waals surface area contributed by atoms with Crippen LogP contribution in [0.1, 0.15) is 0 Å². The van der Waals surface area contributed by atoms with Gasteiger partial charge in [0.2, 0.25) is 5.76 Å². The fraction of sp³-hybridized carbons (Fsp3) is 0.500. The summed E-state index contributed by atoms with van der Waals surface area (Å²) in [7, 11) is 0. The summed E-state index contributed by atoms with van der Waals surface area (Å²) in [5.41, 5.74) is 5.15. The van der Waals surface area contributed by atoms with Crippen molar-refractivity contribution in [1.29, 1.82) is 0 Å². The number of ether oxygens (including phenoxy) is 2. The van der Waals surface area contributed by atoms with Crippen molar-refractivity contribution in [3.8, 4) is 0 Å². The molecule has 1 aliphatic rings. The van der Waals surface area contributed by atoms with Gasteiger partial charge in [0.05, 0.1) is 0 Å². The molecule has 0 aliphatic carbocycles. The van der Waals surface area contributed by atoms with Crippen molar-refractivity contribution < 1.29 is 14.3 Å². The SMILES string of the molecule is NCCOC1=CCOC1=O. The van der Waals surface area contributed by atoms with Gasteiger partial charge in [-0.25, -0.2) is 4.79 Å². The Morgan fingerprint density at radius 3 is 3.10 bits per heavy atom. The highest BCUT2D eigenvalue weighted by atomic mass is 16.6. The predicted molar refractivity (Wildman–Crippen MR) is 34.0 cm³/mol. The Morgan fingerprint density at radius 1 is 1.80 bits per heavy atom. The van der Waals surface area contributed by atoms with E-state index in [1.54, 1.807) is 6.08 Å². The molecule has 1 aliphatic heterocycles. The van der Waals surface area contributed by atoms with Crippen LogP contribution in [0.2, 0.25) is 0 Å². The Labute approximate surface area is 58.6 Å². The minimum Gasteiger partial charge on any atom is -0.485 e. The summed E-state index contributed by atoms with van der Waals surface area (Å²) in [4.78, 5) is 10.6. The molecule has 0 atom stereocenters. The molecule has 0 aromatic rings. The monoisotopic (exact) mass is 143 g/mol. The van der Waals surface area contributed by atoms with E-state index < -0.39 is 5.97 Å². The molecule has 0 fully saturated rings. The maximum absolute atomic E-state index is 10.6. The average molecular weight is 143 g/mol. The molecule has 0 amide bonds. The molecule has 56 valence electrons. The fourth-order valence-electron chi connectivity index (χ4n) is 0.634. The first-order chi connectivity index (χ1) is 4.84. The standard InChI is InChI=1S/C6H9NO3/c7-2-4-9-5-1-3-10-6(5)8/h1H,2-4,7H2. The van der Waals surface area contributed by atoms with Crippen LogP contribution in [0.5, 0.6) is 0 Å². The number of cyclic esters (lactones) is 1. The zero-order valence-corrected chi connectivity index (χ0v) is 5.50. The normalized spacial score (nSPS) is 16.5. The summed E-state index contributed by atoms with van der Waals surface area (Å²) in [6.45, 7) is 1.09. The van der Waals surface area contributed by atoms with Crippen molar-refractivity contribution in [3.05, 3.63) is 11.8 Å². The van der Waals surface area contributed by atoms with Gasteiger partial charge in [-0.3, -0.25) is 0 Å². The molecule has 0 unspecified atom stereocenters. The topological polar surface area (TPSA) is 61.6 Å². The lowest BCUT2D eigenvalue weighted by Crippen LogP contribution is -2.11. The third-order valence-electron chi connectivity index (χ3n) is 1.06. The maximum Gasteiger partial charge on any atom is 0.373 e. The van der Waals surface area contributed by atoms with Gasteiger partial charge in [-0.1, -0.05) is 0 Å². The summed E-state index contributed by atoms with van der Waals surface area (Å²) in [6.07, 6.45) is 1.60. The van der Waals surface area contributed by atoms with Gasteiger partial charge in [0.15, 0.2) is 0 Å². The number of carbonyl (C=O) groups excluding carboxylic acids is 1. The van der Waals surface area contributed by atoms with Crippen LogP contribution in [0.15, 0.2) is 11.8 Å². The number of carbonyl (C=O) groups is 1. The van der Waals surface area contributed by atoms with E-state index in [4.69, 9.17) is 10.5 Å². The van der Waals surface area contributed by atoms with E-state index in [9.17, 15) is 4.79 Å². The molecule has 0 radical (unpaired) electrons. The molecule has 0 spiro atoms. The second-order valence-electron chi connectivity index (χ2n) is 1.80. The zero-order chi connectivity index (χ0) is 7.40. The highest BCUT2D eigenvalue weighted by Gasteiger charge is 2.17. The number of rotatable bonds is 3. The Kier molecular flexibility index (Phi) is 2.28. The van der Waals surface area contributed by atoms with Crippen LogP contribution in [0.25, 0.3) is 0 Å². The first kappa shape index (κ1) is 7.08. The van der Waals surface area contributed by atoms with E-state index in [0.29, 0.717) is 19.8 Å². The van der Waals surface area contributed by atoms with Crippen molar-refractivity contribution in [1.82, 2.24) is 0 Å². The van der Waals surface area contributed by atoms with Gasteiger partial charge in [0.1, 0.15) is 13.2 Å². The van der Waals surface area contributed by atoms with Crippen molar-refractivity contribution in [2.45, 2.75) is 0 Å². The van der Waals surface area contributed by atoms with Crippen molar-refractivity contribution in [3.63, 3.8) is 0 Å². The molecular weight excluding hydrogens is 134 g/mol. The van der Waals surface area contributed by atoms with Gasteiger partial charge in [0.25, 0.3) is 0 Å². The Balaban J connectivity index is 2.33. The first-order valence-corrected chi connectivity index (χ1v) is 3.04. The minimum atomic E-state index is -0.395. The highest BCUT2D eigenvalue weighted by Crippen LogP contribution is 2.06. The lowest BCUT2D eigenvalue weighted by Gasteiger charge is -2.00. The molecule has 0 aromatic carbocycles. The third-order valence-corrected chi connectivity index (χ3v) is 1.06. The van der Waals surface area contributed by atoms with Crippen LogP contribution in [-0.2, 0) is 14.3 Å². The van der Waals surface area contributed by atoms with Crippen molar-refractivity contribution in [2.24, 2.45) is 5.73 Å². The summed E-state index contributed by atoms with van der Waals surface area (Å²) in [5.74, 6) is -0.112. The van der Waals surface area contributed by atoms with Gasteiger partial charge in [-0.05, 0) is 0 Å². The van der Waals surface area contributed by atoms with Crippen LogP contribution >= 0.6 is 0 Å². The average Bonchev–Trinajstić information content (AvgIpc) is 2.31. The molecule has 1 rings (SSSR count). The molecule has 2 N–H and O–H groups in total. The van der Waals surface area contributed by atoms with Crippen LogP contribution < -0.4 is 5.73 Å². The predicted octanol–water partition coefficient (Wildman–Crippen LogP) is -0.598. The third kappa shape index (κ3) is 1.48. The largest absolute Gasteiger partial charge is 0.485 e. The van der Waals surface area contributed by atoms with Gasteiger partial charge < -0.3 is 15.2 Å². The van der Waals surface area contributed by atoms with Gasteiger partial charge >= 0.3 is 5.97 Å². The van der Waals surface area contributed by atoms with E-state index in [1.807, 2.05) is 0 Å². The van der Waals surface area contributed by atoms with Gasteiger partial charge in [0, 0.05) is 12.6 Å². The smallest absolute Gasteiger partial charge is 0.373 e. The van der Waals surface area contributed by atoms with Gasteiger partial charge in [-0.15, -0.1) is 0 Å². The van der Waals surface area contributed by atoms with E-state index in [2.05, 4.69) is 4.74 Å². The van der Waals surface area contributed by atoms with E-state index in [0.717, 1.165) is 0 Å². The fourth-order valence-corrected chi connectivity index (χ4v) is 0.634. The number of hydrogen-bond acceptors (Lipinski definition) is 4. The molecule has 0 saturated carbocycles. The molecule has 4 heteroatoms. The number of hydrogen-bond donors (Lipinski definition) is 1. The van der Waals surface area contributed by atoms with Crippen molar-refractivity contribution >= 4 is 5.97 Å². The highest BCUT2D eigenvalue weighted by molar-refractivity contribution is 5.88. The maximum atomic E-state index is 10.6. The molecule has 0 saturated heterocycles. The Bertz CT molecular complexity index is 164. The lowest BCUT2D eigenvalue weighted by molar-refractivity contribution is -0.139. The van der Waals surface area contributed by atoms with E-state index in [-0.39, 0.29) is 5.76 Å². The second-order valence-corrected chi connectivity index (χ2v) is 1.80. The molecule has 4 nitrogen and oxygen atoms in total. The Hall–Kier alpha value is -1.03. The summed E-state index contributed by atoms with van der Waals surface area (Å²) >= 11 is 0. The summed E-state index contributed by atoms with van der Waals surface area (Å²) in [6, 6.07) is 0. The zero-order valence-electron chi connectivity index (χ0n) is 5.50. The lowest BCUT2D eigenvalue weighted by atomic mass is 10.5. The molecular formula is C6H9NO3. The molecule has 1 heterocycles. The quantitative estimate of drug-likeness (QED) is 0.536. The van der Waals surface area contributed by atoms with Crippen molar-refractivity contribution in [2.75, 3.05) is 19.8 Å². The van der Waals surface area contributed by atoms with Crippen LogP contribution in [-0.4, -0.2) is 25.7 Å². The molecule has 10 heavy (non-hydrogen) atoms. The molecule has 0 bridgehead atoms. The number of nitrogens with two attached hydrogens (primary N) is 1. The summed E-state index contributed by atoms with van der Waals surface area (Å²) in [5, 5.41) is 0. The van der Waals surface area contributed by atoms with Crippen LogP contribution in [0, 0.1) is 0 Å². The van der Waals surface area contributed by atoms with Crippen LogP contribution in [0.4, 0.5) is 0 Å². The number of esters is 1. The molecule has 0 aromatic heterocycles. The summed E-state index contributed by atoms with van der Waals surface area (Å²) < 4.78 is 9.49.